The van der Waals surface area contributed by atoms with Gasteiger partial charge in [0.25, 0.3) is 0 Å². The van der Waals surface area contributed by atoms with E-state index in [0.29, 0.717) is 0 Å². The first-order chi connectivity index (χ1) is 4.22. The lowest BCUT2D eigenvalue weighted by Gasteiger charge is -2.06. The molecule has 0 aromatic carbocycles. The Balaban J connectivity index is 2.49. The third kappa shape index (κ3) is 1.37. The van der Waals surface area contributed by atoms with Crippen LogP contribution in [0.5, 0.6) is 0 Å². The minimum Gasteiger partial charge on any atom is -0.480 e. The van der Waals surface area contributed by atoms with E-state index in [9.17, 15) is 4.79 Å². The van der Waals surface area contributed by atoms with Crippen LogP contribution in [-0.4, -0.2) is 28.2 Å². The maximum absolute atomic E-state index is 10.3. The Morgan fingerprint density at radius 3 is 2.78 bits per heavy atom. The fourth-order valence-corrected chi connectivity index (χ4v) is 1.76. The lowest BCUT2D eigenvalue weighted by molar-refractivity contribution is -0.139. The molecule has 0 aromatic rings. The van der Waals surface area contributed by atoms with Gasteiger partial charge < -0.3 is 5.11 Å². The van der Waals surface area contributed by atoms with Gasteiger partial charge in [0.15, 0.2) is 0 Å². The van der Waals surface area contributed by atoms with Crippen LogP contribution in [0.2, 0.25) is 0 Å². The highest BCUT2D eigenvalue weighted by atomic mass is 32.2. The van der Waals surface area contributed by atoms with Crippen LogP contribution in [0, 0.1) is 0 Å². The SMILES string of the molecule is CC1SCN[C@@H]1C(=O)O. The van der Waals surface area contributed by atoms with Crippen LogP contribution in [0.3, 0.4) is 0 Å². The van der Waals surface area contributed by atoms with Crippen molar-refractivity contribution in [3.63, 3.8) is 0 Å². The maximum atomic E-state index is 10.3. The van der Waals surface area contributed by atoms with E-state index in [1.165, 1.54) is 0 Å². The summed E-state index contributed by atoms with van der Waals surface area (Å²) in [5.74, 6) is 0.0190. The summed E-state index contributed by atoms with van der Waals surface area (Å²) in [6, 6.07) is -0.338. The van der Waals surface area contributed by atoms with Crippen molar-refractivity contribution < 1.29 is 9.90 Å². The van der Waals surface area contributed by atoms with Gasteiger partial charge in [0.05, 0.1) is 0 Å². The molecule has 0 saturated carbocycles. The summed E-state index contributed by atoms with van der Waals surface area (Å²) in [5, 5.41) is 11.6. The number of carboxylic acid groups (broad SMARTS) is 1. The Kier molecular flexibility index (Phi) is 1.97. The largest absolute Gasteiger partial charge is 0.480 e. The number of carbonyl (C=O) groups is 1. The van der Waals surface area contributed by atoms with Gasteiger partial charge in [0, 0.05) is 11.1 Å². The summed E-state index contributed by atoms with van der Waals surface area (Å²) in [7, 11) is 0. The van der Waals surface area contributed by atoms with Crippen molar-refractivity contribution in [3.8, 4) is 0 Å². The third-order valence-corrected chi connectivity index (χ3v) is 2.52. The fourth-order valence-electron chi connectivity index (χ4n) is 0.820. The Hall–Kier alpha value is -0.220. The van der Waals surface area contributed by atoms with Crippen molar-refractivity contribution in [1.82, 2.24) is 5.32 Å². The van der Waals surface area contributed by atoms with Gasteiger partial charge in [-0.2, -0.15) is 0 Å². The second-order valence-electron chi connectivity index (χ2n) is 2.04. The van der Waals surface area contributed by atoms with E-state index in [-0.39, 0.29) is 11.3 Å². The standard InChI is InChI=1S/C5H9NO2S/c1-3-4(5(7)8)6-2-9-3/h3-4,6H,2H2,1H3,(H,7,8)/t3?,4-/m0/s1. The van der Waals surface area contributed by atoms with Crippen LogP contribution in [0.15, 0.2) is 0 Å². The molecule has 1 unspecified atom stereocenters. The first kappa shape index (κ1) is 6.89. The molecule has 4 heteroatoms. The number of rotatable bonds is 1. The molecule has 1 saturated heterocycles. The molecule has 0 amide bonds. The topological polar surface area (TPSA) is 49.3 Å². The van der Waals surface area contributed by atoms with E-state index in [1.54, 1.807) is 11.8 Å². The predicted octanol–water partition coefficient (Wildman–Crippen LogP) is 0.122. The smallest absolute Gasteiger partial charge is 0.321 e. The molecule has 1 rings (SSSR count). The van der Waals surface area contributed by atoms with Gasteiger partial charge in [-0.1, -0.05) is 6.92 Å². The van der Waals surface area contributed by atoms with E-state index in [0.717, 1.165) is 5.88 Å². The molecular weight excluding hydrogens is 138 g/mol. The van der Waals surface area contributed by atoms with Crippen LogP contribution < -0.4 is 5.32 Å². The summed E-state index contributed by atoms with van der Waals surface area (Å²) in [4.78, 5) is 10.3. The fraction of sp³-hybridized carbons (Fsp3) is 0.800. The van der Waals surface area contributed by atoms with Gasteiger partial charge in [-0.15, -0.1) is 11.8 Å². The summed E-state index contributed by atoms with van der Waals surface area (Å²) in [5.41, 5.74) is 0. The summed E-state index contributed by atoms with van der Waals surface area (Å²) in [6.45, 7) is 1.92. The molecule has 3 nitrogen and oxygen atoms in total. The molecule has 2 atom stereocenters. The van der Waals surface area contributed by atoms with Gasteiger partial charge in [-0.25, -0.2) is 0 Å². The average Bonchev–Trinajstić information content (AvgIpc) is 2.13. The molecule has 1 heterocycles. The Morgan fingerprint density at radius 1 is 1.89 bits per heavy atom. The van der Waals surface area contributed by atoms with Crippen molar-refractivity contribution in [2.45, 2.75) is 18.2 Å². The van der Waals surface area contributed by atoms with E-state index < -0.39 is 5.97 Å². The van der Waals surface area contributed by atoms with E-state index >= 15 is 0 Å². The molecule has 52 valence electrons. The molecule has 1 aliphatic heterocycles. The van der Waals surface area contributed by atoms with Crippen LogP contribution >= 0.6 is 11.8 Å². The quantitative estimate of drug-likeness (QED) is 0.553. The molecule has 0 bridgehead atoms. The van der Waals surface area contributed by atoms with E-state index in [4.69, 9.17) is 5.11 Å². The second-order valence-corrected chi connectivity index (χ2v) is 3.40. The zero-order valence-electron chi connectivity index (χ0n) is 5.13. The lowest BCUT2D eigenvalue weighted by atomic mass is 10.2. The number of aliphatic carboxylic acids is 1. The molecular formula is C5H9NO2S. The Labute approximate surface area is 57.8 Å². The molecule has 1 aliphatic rings. The zero-order chi connectivity index (χ0) is 6.85. The van der Waals surface area contributed by atoms with Crippen molar-refractivity contribution in [2.75, 3.05) is 5.88 Å². The minimum atomic E-state index is -0.743. The first-order valence-electron chi connectivity index (χ1n) is 2.79. The summed E-state index contributed by atoms with van der Waals surface area (Å²) in [6.07, 6.45) is 0. The molecule has 2 N–H and O–H groups in total. The van der Waals surface area contributed by atoms with Gasteiger partial charge in [0.2, 0.25) is 0 Å². The number of thioether (sulfide) groups is 1. The van der Waals surface area contributed by atoms with Gasteiger partial charge >= 0.3 is 5.97 Å². The minimum absolute atomic E-state index is 0.211. The predicted molar refractivity (Wildman–Crippen MR) is 36.5 cm³/mol. The lowest BCUT2D eigenvalue weighted by Crippen LogP contribution is -2.36. The zero-order valence-corrected chi connectivity index (χ0v) is 5.94. The Morgan fingerprint density at radius 2 is 2.56 bits per heavy atom. The summed E-state index contributed by atoms with van der Waals surface area (Å²) < 4.78 is 0. The van der Waals surface area contributed by atoms with Crippen LogP contribution in [0.1, 0.15) is 6.92 Å². The molecule has 0 spiro atoms. The maximum Gasteiger partial charge on any atom is 0.321 e. The van der Waals surface area contributed by atoms with Crippen LogP contribution in [0.25, 0.3) is 0 Å². The van der Waals surface area contributed by atoms with Crippen molar-refractivity contribution in [1.29, 1.82) is 0 Å². The van der Waals surface area contributed by atoms with E-state index in [2.05, 4.69) is 5.32 Å². The monoisotopic (exact) mass is 147 g/mol. The van der Waals surface area contributed by atoms with Gasteiger partial charge in [0.1, 0.15) is 6.04 Å². The van der Waals surface area contributed by atoms with Crippen molar-refractivity contribution in [3.05, 3.63) is 0 Å². The highest BCUT2D eigenvalue weighted by Gasteiger charge is 2.29. The molecule has 0 aliphatic carbocycles. The normalized spacial score (nSPS) is 34.8. The second kappa shape index (κ2) is 2.58. The molecule has 0 aromatic heterocycles. The van der Waals surface area contributed by atoms with Crippen molar-refractivity contribution >= 4 is 17.7 Å². The van der Waals surface area contributed by atoms with Crippen LogP contribution in [0.4, 0.5) is 0 Å². The van der Waals surface area contributed by atoms with E-state index in [1.807, 2.05) is 6.92 Å². The van der Waals surface area contributed by atoms with Gasteiger partial charge in [-0.05, 0) is 0 Å². The van der Waals surface area contributed by atoms with Crippen molar-refractivity contribution in [2.24, 2.45) is 0 Å². The number of carboxylic acids is 1. The number of nitrogens with one attached hydrogen (secondary N) is 1. The highest BCUT2D eigenvalue weighted by Crippen LogP contribution is 2.19. The third-order valence-electron chi connectivity index (χ3n) is 1.38. The van der Waals surface area contributed by atoms with Crippen LogP contribution in [-0.2, 0) is 4.79 Å². The van der Waals surface area contributed by atoms with Gasteiger partial charge in [-0.3, -0.25) is 10.1 Å². The Bertz CT molecular complexity index is 128. The highest BCUT2D eigenvalue weighted by molar-refractivity contribution is 8.00. The first-order valence-corrected chi connectivity index (χ1v) is 3.84. The summed E-state index contributed by atoms with van der Waals surface area (Å²) >= 11 is 1.64. The number of hydrogen-bond donors (Lipinski definition) is 2. The molecule has 1 fully saturated rings. The average molecular weight is 147 g/mol. The number of hydrogen-bond acceptors (Lipinski definition) is 3. The molecule has 9 heavy (non-hydrogen) atoms. The molecule has 0 radical (unpaired) electrons.